The second-order valence-corrected chi connectivity index (χ2v) is 9.13. The fourth-order valence-corrected chi connectivity index (χ4v) is 4.57. The third kappa shape index (κ3) is 5.77. The molecule has 148 valence electrons. The number of hydrogen-bond donors (Lipinski definition) is 3. The van der Waals surface area contributed by atoms with Crippen molar-refractivity contribution in [3.63, 3.8) is 0 Å². The first kappa shape index (κ1) is 21.3. The molecule has 3 aromatic rings. The molecule has 1 amide bonds. The summed E-state index contributed by atoms with van der Waals surface area (Å²) in [5.74, 6) is 5.22. The predicted octanol–water partition coefficient (Wildman–Crippen LogP) is 3.92. The first-order chi connectivity index (χ1) is 13.9. The Balaban J connectivity index is 1.80. The third-order valence-corrected chi connectivity index (χ3v) is 6.02. The Kier molecular flexibility index (Phi) is 6.86. The van der Waals surface area contributed by atoms with Crippen LogP contribution in [0.15, 0.2) is 58.8 Å². The molecule has 0 fully saturated rings. The van der Waals surface area contributed by atoms with Crippen molar-refractivity contribution >= 4 is 58.7 Å². The average Bonchev–Trinajstić information content (AvgIpc) is 3.14. The van der Waals surface area contributed by atoms with Gasteiger partial charge in [-0.15, -0.1) is 11.3 Å². The molecular formula is C19H14IN3O4S2. The van der Waals surface area contributed by atoms with Crippen LogP contribution in [0.3, 0.4) is 0 Å². The molecular weight excluding hydrogens is 525 g/mol. The number of aliphatic hydroxyl groups excluding tert-OH is 1. The highest BCUT2D eigenvalue weighted by molar-refractivity contribution is 14.1. The largest absolute Gasteiger partial charge is 0.384 e. The minimum Gasteiger partial charge on any atom is -0.384 e. The van der Waals surface area contributed by atoms with Crippen LogP contribution in [0.5, 0.6) is 0 Å². The fourth-order valence-electron chi connectivity index (χ4n) is 2.36. The molecule has 29 heavy (non-hydrogen) atoms. The van der Waals surface area contributed by atoms with Crippen molar-refractivity contribution in [2.24, 2.45) is 0 Å². The maximum Gasteiger partial charge on any atom is 0.286 e. The van der Waals surface area contributed by atoms with E-state index in [9.17, 15) is 13.2 Å². The number of rotatable bonds is 5. The number of anilines is 2. The summed E-state index contributed by atoms with van der Waals surface area (Å²) in [6, 6.07) is 12.9. The lowest BCUT2D eigenvalue weighted by molar-refractivity contribution is 0.272. The maximum absolute atomic E-state index is 12.7. The summed E-state index contributed by atoms with van der Waals surface area (Å²) >= 11 is 2.91. The van der Waals surface area contributed by atoms with Crippen molar-refractivity contribution < 1.29 is 18.3 Å². The molecule has 0 unspecified atom stereocenters. The van der Waals surface area contributed by atoms with Gasteiger partial charge >= 0.3 is 0 Å². The molecule has 1 aromatic heterocycles. The van der Waals surface area contributed by atoms with Crippen LogP contribution in [0, 0.1) is 11.8 Å². The van der Waals surface area contributed by atoms with Crippen molar-refractivity contribution in [1.82, 2.24) is 4.98 Å². The second-order valence-electron chi connectivity index (χ2n) is 5.61. The number of halogens is 1. The molecule has 0 aliphatic carbocycles. The van der Waals surface area contributed by atoms with Gasteiger partial charge in [-0.2, -0.15) is 0 Å². The van der Waals surface area contributed by atoms with Gasteiger partial charge in [0.2, 0.25) is 0 Å². The smallest absolute Gasteiger partial charge is 0.286 e. The van der Waals surface area contributed by atoms with E-state index in [2.05, 4.69) is 26.9 Å². The molecule has 0 aliphatic rings. The maximum atomic E-state index is 12.7. The summed E-state index contributed by atoms with van der Waals surface area (Å²) < 4.78 is 27.6. The van der Waals surface area contributed by atoms with E-state index in [1.54, 1.807) is 64.4 Å². The van der Waals surface area contributed by atoms with Crippen molar-refractivity contribution in [2.75, 3.05) is 16.6 Å². The Morgan fingerprint density at radius 1 is 1.21 bits per heavy atom. The van der Waals surface area contributed by atoms with E-state index in [0.717, 1.165) is 0 Å². The van der Waals surface area contributed by atoms with Crippen molar-refractivity contribution in [1.29, 1.82) is 0 Å². The van der Waals surface area contributed by atoms with Crippen molar-refractivity contribution in [2.45, 2.75) is 4.90 Å². The Morgan fingerprint density at radius 3 is 2.66 bits per heavy atom. The Labute approximate surface area is 185 Å². The predicted molar refractivity (Wildman–Crippen MR) is 122 cm³/mol. The fraction of sp³-hybridized carbons (Fsp3) is 0.0526. The number of aromatic nitrogens is 1. The topological polar surface area (TPSA) is 108 Å². The van der Waals surface area contributed by atoms with Crippen LogP contribution in [-0.2, 0) is 10.0 Å². The van der Waals surface area contributed by atoms with E-state index < -0.39 is 10.0 Å². The van der Waals surface area contributed by atoms with Crippen LogP contribution in [-0.4, -0.2) is 29.0 Å². The molecule has 2 aromatic carbocycles. The quantitative estimate of drug-likeness (QED) is 0.197. The first-order valence-corrected chi connectivity index (χ1v) is 11.6. The molecule has 0 bridgehead atoms. The summed E-state index contributed by atoms with van der Waals surface area (Å²) in [6.07, 6.45) is 0. The van der Waals surface area contributed by atoms with E-state index in [4.69, 9.17) is 5.11 Å². The molecule has 0 saturated heterocycles. The molecule has 10 heteroatoms. The van der Waals surface area contributed by atoms with Gasteiger partial charge in [0.15, 0.2) is 5.13 Å². The number of benzene rings is 2. The van der Waals surface area contributed by atoms with Crippen molar-refractivity contribution in [3.05, 3.63) is 59.5 Å². The van der Waals surface area contributed by atoms with E-state index in [1.807, 2.05) is 0 Å². The van der Waals surface area contributed by atoms with Gasteiger partial charge in [-0.1, -0.05) is 24.0 Å². The number of nitrogens with one attached hydrogen (secondary N) is 2. The van der Waals surface area contributed by atoms with Gasteiger partial charge in [0.1, 0.15) is 6.61 Å². The molecule has 7 nitrogen and oxygen atoms in total. The minimum absolute atomic E-state index is 0.0955. The van der Waals surface area contributed by atoms with Gasteiger partial charge < -0.3 is 5.11 Å². The summed E-state index contributed by atoms with van der Waals surface area (Å²) in [4.78, 5) is 15.5. The Morgan fingerprint density at radius 2 is 1.97 bits per heavy atom. The lowest BCUT2D eigenvalue weighted by Crippen LogP contribution is -2.12. The number of carbonyl (C=O) groups excluding carboxylic acids is 1. The summed E-state index contributed by atoms with van der Waals surface area (Å²) in [5.41, 5.74) is 2.34. The lowest BCUT2D eigenvalue weighted by Gasteiger charge is -2.09. The molecule has 3 N–H and O–H groups in total. The van der Waals surface area contributed by atoms with Crippen LogP contribution < -0.4 is 10.0 Å². The molecule has 0 atom stereocenters. The second kappa shape index (κ2) is 9.36. The van der Waals surface area contributed by atoms with Crippen LogP contribution >= 0.6 is 33.9 Å². The van der Waals surface area contributed by atoms with Crippen LogP contribution in [0.2, 0.25) is 0 Å². The molecule has 0 spiro atoms. The zero-order valence-electron chi connectivity index (χ0n) is 14.7. The van der Waals surface area contributed by atoms with Gasteiger partial charge in [-0.05, 0) is 36.4 Å². The number of sulfonamides is 1. The normalized spacial score (nSPS) is 10.7. The zero-order valence-corrected chi connectivity index (χ0v) is 18.5. The van der Waals surface area contributed by atoms with E-state index in [1.165, 1.54) is 23.5 Å². The van der Waals surface area contributed by atoms with Gasteiger partial charge in [0.25, 0.3) is 13.9 Å². The molecule has 1 heterocycles. The SMILES string of the molecule is O=C(I)Nc1nc(-c2cccc(NS(=O)(=O)c3ccc(C#CCO)cc3)c2)cs1. The summed E-state index contributed by atoms with van der Waals surface area (Å²) in [7, 11) is -3.78. The van der Waals surface area contributed by atoms with Gasteiger partial charge in [0, 0.05) is 44.8 Å². The zero-order chi connectivity index (χ0) is 20.9. The highest BCUT2D eigenvalue weighted by atomic mass is 127. The van der Waals surface area contributed by atoms with Crippen LogP contribution in [0.25, 0.3) is 11.3 Å². The third-order valence-electron chi connectivity index (χ3n) is 3.60. The van der Waals surface area contributed by atoms with Crippen LogP contribution in [0.1, 0.15) is 5.56 Å². The molecule has 0 saturated carbocycles. The molecule has 0 radical (unpaired) electrons. The van der Waals surface area contributed by atoms with E-state index >= 15 is 0 Å². The number of nitrogens with zero attached hydrogens (tertiary/aromatic N) is 1. The standard InChI is InChI=1S/C19H14IN3O4S2/c20-18(25)22-19-21-17(12-28-19)14-4-1-5-15(11-14)23-29(26,27)16-8-6-13(7-9-16)3-2-10-24/h1,4-9,11-12,23-24H,10H2,(H,21,22,25). The Hall–Kier alpha value is -2.46. The number of thiazole rings is 1. The minimum atomic E-state index is -3.78. The molecule has 0 aliphatic heterocycles. The monoisotopic (exact) mass is 539 g/mol. The van der Waals surface area contributed by atoms with Crippen molar-refractivity contribution in [3.8, 4) is 23.1 Å². The number of aliphatic hydroxyl groups is 1. The van der Waals surface area contributed by atoms with Gasteiger partial charge in [-0.3, -0.25) is 14.8 Å². The van der Waals surface area contributed by atoms with Crippen LogP contribution in [0.4, 0.5) is 15.6 Å². The van der Waals surface area contributed by atoms with Gasteiger partial charge in [-0.25, -0.2) is 13.4 Å². The van der Waals surface area contributed by atoms with Gasteiger partial charge in [0.05, 0.1) is 10.6 Å². The lowest BCUT2D eigenvalue weighted by atomic mass is 10.1. The summed E-state index contributed by atoms with van der Waals surface area (Å²) in [5, 5.41) is 13.6. The van der Waals surface area contributed by atoms with E-state index in [0.29, 0.717) is 27.6 Å². The highest BCUT2D eigenvalue weighted by Gasteiger charge is 2.15. The number of hydrogen-bond acceptors (Lipinski definition) is 6. The van der Waals surface area contributed by atoms with E-state index in [-0.39, 0.29) is 15.4 Å². The number of carbonyl (C=O) groups is 1. The Bertz CT molecular complexity index is 1200. The highest BCUT2D eigenvalue weighted by Crippen LogP contribution is 2.28. The first-order valence-electron chi connectivity index (χ1n) is 8.12. The number of amides is 1. The summed E-state index contributed by atoms with van der Waals surface area (Å²) in [6.45, 7) is -0.261. The molecule has 3 rings (SSSR count). The average molecular weight is 539 g/mol.